The summed E-state index contributed by atoms with van der Waals surface area (Å²) >= 11 is 0. The highest BCUT2D eigenvalue weighted by molar-refractivity contribution is 4.93. The van der Waals surface area contributed by atoms with E-state index in [4.69, 9.17) is 5.11 Å². The van der Waals surface area contributed by atoms with Gasteiger partial charge in [0.2, 0.25) is 0 Å². The summed E-state index contributed by atoms with van der Waals surface area (Å²) in [7, 11) is 0. The molecule has 0 aromatic carbocycles. The molecule has 4 nitrogen and oxygen atoms in total. The minimum atomic E-state index is -0.570. The van der Waals surface area contributed by atoms with Gasteiger partial charge in [0.1, 0.15) is 0 Å². The number of fused-ring (bicyclic) bond motifs is 3. The second-order valence-electron chi connectivity index (χ2n) is 4.13. The lowest BCUT2D eigenvalue weighted by atomic mass is 9.93. The first-order valence-electron chi connectivity index (χ1n) is 5.06. The van der Waals surface area contributed by atoms with E-state index < -0.39 is 6.10 Å². The maximum Gasteiger partial charge on any atom is 0.0897 e. The van der Waals surface area contributed by atoms with Gasteiger partial charge in [-0.3, -0.25) is 4.90 Å². The van der Waals surface area contributed by atoms with Crippen molar-refractivity contribution in [2.24, 2.45) is 0 Å². The number of hydrogen-bond acceptors (Lipinski definition) is 4. The zero-order chi connectivity index (χ0) is 9.26. The van der Waals surface area contributed by atoms with E-state index in [2.05, 4.69) is 10.2 Å². The monoisotopic (exact) mass is 186 g/mol. The van der Waals surface area contributed by atoms with Crippen LogP contribution in [0.5, 0.6) is 0 Å². The number of aliphatic hydroxyl groups excluding tert-OH is 2. The summed E-state index contributed by atoms with van der Waals surface area (Å²) in [5.41, 5.74) is 0. The molecular weight excluding hydrogens is 168 g/mol. The number of nitrogens with zero attached hydrogens (tertiary/aromatic N) is 1. The number of rotatable bonds is 3. The van der Waals surface area contributed by atoms with Crippen molar-refractivity contribution in [1.82, 2.24) is 10.2 Å². The molecule has 3 rings (SSSR count). The lowest BCUT2D eigenvalue weighted by Gasteiger charge is -2.46. The third-order valence-electron chi connectivity index (χ3n) is 3.12. The van der Waals surface area contributed by atoms with E-state index in [-0.39, 0.29) is 6.61 Å². The number of piperazine rings is 1. The molecule has 2 bridgehead atoms. The van der Waals surface area contributed by atoms with Crippen LogP contribution in [0.1, 0.15) is 12.8 Å². The highest BCUT2D eigenvalue weighted by atomic mass is 16.3. The van der Waals surface area contributed by atoms with Gasteiger partial charge in [0.25, 0.3) is 0 Å². The Morgan fingerprint density at radius 2 is 2.31 bits per heavy atom. The quantitative estimate of drug-likeness (QED) is 0.517. The van der Waals surface area contributed by atoms with E-state index >= 15 is 0 Å². The summed E-state index contributed by atoms with van der Waals surface area (Å²) in [6.07, 6.45) is 1.92. The smallest absolute Gasteiger partial charge is 0.0897 e. The Morgan fingerprint density at radius 1 is 1.46 bits per heavy atom. The lowest BCUT2D eigenvalue weighted by molar-refractivity contribution is 0.00834. The third-order valence-corrected chi connectivity index (χ3v) is 3.12. The summed E-state index contributed by atoms with van der Waals surface area (Å²) in [5.74, 6) is 0. The number of nitrogens with one attached hydrogen (secondary N) is 1. The zero-order valence-corrected chi connectivity index (χ0v) is 7.82. The largest absolute Gasteiger partial charge is 0.394 e. The predicted molar refractivity (Wildman–Crippen MR) is 49.5 cm³/mol. The van der Waals surface area contributed by atoms with E-state index in [9.17, 15) is 5.11 Å². The Kier molecular flexibility index (Phi) is 2.83. The number of aliphatic hydroxyl groups is 2. The van der Waals surface area contributed by atoms with Gasteiger partial charge in [-0.05, 0) is 12.8 Å². The summed E-state index contributed by atoms with van der Waals surface area (Å²) in [5, 5.41) is 21.5. The molecule has 3 unspecified atom stereocenters. The first-order chi connectivity index (χ1) is 6.29. The van der Waals surface area contributed by atoms with Gasteiger partial charge < -0.3 is 15.5 Å². The molecule has 13 heavy (non-hydrogen) atoms. The molecular formula is C9H18N2O2. The average molecular weight is 186 g/mol. The fourth-order valence-electron chi connectivity index (χ4n) is 2.35. The number of hydrogen-bond donors (Lipinski definition) is 3. The lowest BCUT2D eigenvalue weighted by Crippen LogP contribution is -2.62. The van der Waals surface area contributed by atoms with Gasteiger partial charge in [0, 0.05) is 31.7 Å². The maximum atomic E-state index is 9.33. The summed E-state index contributed by atoms with van der Waals surface area (Å²) in [6, 6.07) is 1.18. The van der Waals surface area contributed by atoms with Crippen LogP contribution in [0.2, 0.25) is 0 Å². The second-order valence-corrected chi connectivity index (χ2v) is 4.13. The predicted octanol–water partition coefficient (Wildman–Crippen LogP) is -1.22. The van der Waals surface area contributed by atoms with Crippen LogP contribution in [-0.2, 0) is 0 Å². The molecule has 3 atom stereocenters. The molecule has 3 N–H and O–H groups in total. The van der Waals surface area contributed by atoms with Crippen molar-refractivity contribution < 1.29 is 10.2 Å². The Morgan fingerprint density at radius 3 is 2.77 bits per heavy atom. The second kappa shape index (κ2) is 3.92. The van der Waals surface area contributed by atoms with Gasteiger partial charge in [0.05, 0.1) is 12.7 Å². The van der Waals surface area contributed by atoms with Gasteiger partial charge in [-0.2, -0.15) is 0 Å². The first-order valence-corrected chi connectivity index (χ1v) is 5.06. The van der Waals surface area contributed by atoms with Crippen LogP contribution < -0.4 is 5.32 Å². The van der Waals surface area contributed by atoms with Crippen molar-refractivity contribution in [3.05, 3.63) is 0 Å². The minimum Gasteiger partial charge on any atom is -0.394 e. The molecule has 3 heterocycles. The zero-order valence-electron chi connectivity index (χ0n) is 7.82. The molecule has 3 saturated heterocycles. The number of piperidine rings is 2. The van der Waals surface area contributed by atoms with Gasteiger partial charge >= 0.3 is 0 Å². The van der Waals surface area contributed by atoms with Crippen molar-refractivity contribution in [2.45, 2.75) is 31.0 Å². The van der Waals surface area contributed by atoms with E-state index in [1.807, 2.05) is 0 Å². The van der Waals surface area contributed by atoms with Crippen LogP contribution in [-0.4, -0.2) is 59.5 Å². The molecule has 0 aliphatic carbocycles. The average Bonchev–Trinajstić information content (AvgIpc) is 2.19. The minimum absolute atomic E-state index is 0.124. The molecule has 0 radical (unpaired) electrons. The fraction of sp³-hybridized carbons (Fsp3) is 1.00. The topological polar surface area (TPSA) is 55.7 Å². The van der Waals surface area contributed by atoms with Crippen molar-refractivity contribution >= 4 is 0 Å². The van der Waals surface area contributed by atoms with Crippen LogP contribution in [0, 0.1) is 0 Å². The van der Waals surface area contributed by atoms with Crippen molar-refractivity contribution in [3.8, 4) is 0 Å². The summed E-state index contributed by atoms with van der Waals surface area (Å²) in [6.45, 7) is 2.57. The van der Waals surface area contributed by atoms with Crippen LogP contribution in [0.15, 0.2) is 0 Å². The molecule has 3 aliphatic heterocycles. The van der Waals surface area contributed by atoms with Crippen LogP contribution in [0.25, 0.3) is 0 Å². The van der Waals surface area contributed by atoms with Crippen LogP contribution in [0.4, 0.5) is 0 Å². The van der Waals surface area contributed by atoms with Crippen molar-refractivity contribution in [1.29, 1.82) is 0 Å². The molecule has 0 saturated carbocycles. The molecule has 4 heteroatoms. The Hall–Kier alpha value is -0.160. The third kappa shape index (κ3) is 2.02. The fourth-order valence-corrected chi connectivity index (χ4v) is 2.35. The SMILES string of the molecule is OCC(O)CN1CC2CCC1CN2. The molecule has 76 valence electrons. The molecule has 0 spiro atoms. The molecule has 0 aromatic heterocycles. The van der Waals surface area contributed by atoms with E-state index in [1.165, 1.54) is 12.8 Å². The first kappa shape index (κ1) is 9.40. The summed E-state index contributed by atoms with van der Waals surface area (Å²) < 4.78 is 0. The highest BCUT2D eigenvalue weighted by Gasteiger charge is 2.33. The molecule has 0 amide bonds. The maximum absolute atomic E-state index is 9.33. The van der Waals surface area contributed by atoms with Gasteiger partial charge in [-0.15, -0.1) is 0 Å². The molecule has 3 aliphatic rings. The van der Waals surface area contributed by atoms with Crippen molar-refractivity contribution in [3.63, 3.8) is 0 Å². The highest BCUT2D eigenvalue weighted by Crippen LogP contribution is 2.21. The molecule has 0 aromatic rings. The van der Waals surface area contributed by atoms with E-state index in [1.54, 1.807) is 0 Å². The Balaban J connectivity index is 1.86. The van der Waals surface area contributed by atoms with Gasteiger partial charge in [0.15, 0.2) is 0 Å². The standard InChI is InChI=1S/C9H18N2O2/c12-6-9(13)5-11-4-7-1-2-8(11)3-10-7/h7-10,12-13H,1-6H2. The molecule has 3 fully saturated rings. The Bertz CT molecular complexity index is 169. The van der Waals surface area contributed by atoms with E-state index in [0.717, 1.165) is 13.1 Å². The Labute approximate surface area is 78.5 Å². The van der Waals surface area contributed by atoms with E-state index in [0.29, 0.717) is 18.6 Å². The van der Waals surface area contributed by atoms with Gasteiger partial charge in [-0.1, -0.05) is 0 Å². The van der Waals surface area contributed by atoms with Gasteiger partial charge in [-0.25, -0.2) is 0 Å². The summed E-state index contributed by atoms with van der Waals surface area (Å²) in [4.78, 5) is 2.30. The van der Waals surface area contributed by atoms with Crippen molar-refractivity contribution in [2.75, 3.05) is 26.2 Å². The normalized spacial score (nSPS) is 36.5. The van der Waals surface area contributed by atoms with Crippen LogP contribution in [0.3, 0.4) is 0 Å². The van der Waals surface area contributed by atoms with Crippen LogP contribution >= 0.6 is 0 Å².